The molecule has 2 unspecified atom stereocenters. The fraction of sp³-hybridized carbons (Fsp3) is 0.371. The SMILES string of the molecule is Cc1cc(Nc2ncnn3ccc(C4CCN(C(=O)/C=C/CN5CC6CC5CO6)CC4)c23)ccc1Oc1ccc2c(c1)ncn2C. The van der Waals surface area contributed by atoms with Crippen LogP contribution in [0.2, 0.25) is 0 Å². The molecule has 3 aliphatic heterocycles. The number of rotatable bonds is 8. The van der Waals surface area contributed by atoms with Gasteiger partial charge in [0.1, 0.15) is 23.3 Å². The van der Waals surface area contributed by atoms with Gasteiger partial charge in [-0.05, 0) is 79.6 Å². The number of hydrogen-bond acceptors (Lipinski definition) is 8. The number of carbonyl (C=O) groups is 1. The first-order valence-electron chi connectivity index (χ1n) is 16.1. The molecule has 3 fully saturated rings. The molecule has 2 bridgehead atoms. The monoisotopic (exact) mass is 618 g/mol. The number of hydrogen-bond donors (Lipinski definition) is 1. The van der Waals surface area contributed by atoms with E-state index in [-0.39, 0.29) is 5.91 Å². The van der Waals surface area contributed by atoms with Crippen molar-refractivity contribution < 1.29 is 14.3 Å². The van der Waals surface area contributed by atoms with Gasteiger partial charge in [-0.3, -0.25) is 9.69 Å². The van der Waals surface area contributed by atoms with E-state index in [1.807, 2.05) is 70.6 Å². The molecule has 46 heavy (non-hydrogen) atoms. The third-order valence-corrected chi connectivity index (χ3v) is 9.71. The highest BCUT2D eigenvalue weighted by molar-refractivity contribution is 5.87. The predicted octanol–water partition coefficient (Wildman–Crippen LogP) is 5.20. The Morgan fingerprint density at radius 3 is 2.83 bits per heavy atom. The summed E-state index contributed by atoms with van der Waals surface area (Å²) in [5, 5.41) is 8.01. The van der Waals surface area contributed by atoms with Crippen molar-refractivity contribution in [2.75, 3.05) is 38.1 Å². The number of likely N-dealkylation sites (tertiary alicyclic amines) is 2. The molecule has 11 nitrogen and oxygen atoms in total. The molecular formula is C35H38N8O3. The van der Waals surface area contributed by atoms with E-state index in [9.17, 15) is 4.79 Å². The predicted molar refractivity (Wildman–Crippen MR) is 176 cm³/mol. The minimum Gasteiger partial charge on any atom is -0.457 e. The van der Waals surface area contributed by atoms with E-state index < -0.39 is 0 Å². The molecule has 2 aromatic carbocycles. The van der Waals surface area contributed by atoms with E-state index in [0.29, 0.717) is 18.1 Å². The van der Waals surface area contributed by atoms with Crippen molar-refractivity contribution in [3.05, 3.63) is 84.6 Å². The number of morpholine rings is 1. The number of aromatic nitrogens is 5. The molecule has 0 aliphatic carbocycles. The van der Waals surface area contributed by atoms with Gasteiger partial charge in [0.15, 0.2) is 5.82 Å². The van der Waals surface area contributed by atoms with Crippen LogP contribution in [0.3, 0.4) is 0 Å². The highest BCUT2D eigenvalue weighted by atomic mass is 16.5. The van der Waals surface area contributed by atoms with E-state index in [1.54, 1.807) is 18.7 Å². The van der Waals surface area contributed by atoms with E-state index in [1.165, 1.54) is 5.56 Å². The minimum atomic E-state index is 0.103. The molecule has 2 atom stereocenters. The van der Waals surface area contributed by atoms with Crippen molar-refractivity contribution in [2.45, 2.75) is 44.2 Å². The summed E-state index contributed by atoms with van der Waals surface area (Å²) in [6.07, 6.45) is 12.5. The lowest BCUT2D eigenvalue weighted by Gasteiger charge is -2.31. The van der Waals surface area contributed by atoms with Crippen LogP contribution in [0.5, 0.6) is 11.5 Å². The van der Waals surface area contributed by atoms with Crippen molar-refractivity contribution in [3.8, 4) is 11.5 Å². The summed E-state index contributed by atoms with van der Waals surface area (Å²) in [7, 11) is 1.98. The molecule has 236 valence electrons. The smallest absolute Gasteiger partial charge is 0.246 e. The molecule has 0 saturated carbocycles. The van der Waals surface area contributed by atoms with Gasteiger partial charge < -0.3 is 24.3 Å². The lowest BCUT2D eigenvalue weighted by Crippen LogP contribution is -2.38. The molecule has 3 saturated heterocycles. The summed E-state index contributed by atoms with van der Waals surface area (Å²) in [6, 6.07) is 14.6. The summed E-state index contributed by atoms with van der Waals surface area (Å²) >= 11 is 0. The average molecular weight is 619 g/mol. The van der Waals surface area contributed by atoms with Gasteiger partial charge in [0, 0.05) is 63.3 Å². The second kappa shape index (κ2) is 11.9. The maximum absolute atomic E-state index is 13.0. The van der Waals surface area contributed by atoms with E-state index >= 15 is 0 Å². The van der Waals surface area contributed by atoms with Gasteiger partial charge >= 0.3 is 0 Å². The Hall–Kier alpha value is -4.74. The molecule has 11 heteroatoms. The van der Waals surface area contributed by atoms with Crippen LogP contribution in [0.25, 0.3) is 16.6 Å². The first kappa shape index (κ1) is 28.7. The first-order chi connectivity index (χ1) is 22.5. The standard InChI is InChI=1S/C35H38N8O3/c1-23-16-25(5-8-32(23)46-27-6-7-31-30(18-27)37-22-40(31)2)39-35-34-29(11-15-43(34)38-21-36-35)24-9-13-41(14-10-24)33(44)4-3-12-42-19-28-17-26(42)20-45-28/h3-8,11,15-16,18,21-22,24,26,28H,9-10,12-14,17,19-20H2,1-2H3,(H,36,38,39)/b4-3+. The van der Waals surface area contributed by atoms with Crippen LogP contribution in [-0.2, 0) is 16.6 Å². The second-order valence-corrected chi connectivity index (χ2v) is 12.7. The van der Waals surface area contributed by atoms with Crippen molar-refractivity contribution in [2.24, 2.45) is 7.05 Å². The summed E-state index contributed by atoms with van der Waals surface area (Å²) in [6.45, 7) is 6.12. The van der Waals surface area contributed by atoms with Gasteiger partial charge in [-0.1, -0.05) is 6.08 Å². The minimum absolute atomic E-state index is 0.103. The number of nitrogens with one attached hydrogen (secondary N) is 1. The summed E-state index contributed by atoms with van der Waals surface area (Å²) < 4.78 is 15.8. The normalized spacial score (nSPS) is 20.4. The van der Waals surface area contributed by atoms with Gasteiger partial charge in [-0.15, -0.1) is 0 Å². The van der Waals surface area contributed by atoms with Crippen LogP contribution >= 0.6 is 0 Å². The third-order valence-electron chi connectivity index (χ3n) is 9.71. The number of fused-ring (bicyclic) bond motifs is 4. The number of carbonyl (C=O) groups excluding carboxylic acids is 1. The number of piperidine rings is 1. The Kier molecular flexibility index (Phi) is 7.42. The number of anilines is 2. The molecule has 3 aromatic heterocycles. The fourth-order valence-corrected chi connectivity index (χ4v) is 7.19. The Morgan fingerprint density at radius 1 is 1.13 bits per heavy atom. The van der Waals surface area contributed by atoms with Crippen LogP contribution < -0.4 is 10.1 Å². The van der Waals surface area contributed by atoms with Crippen LogP contribution in [-0.4, -0.2) is 84.8 Å². The number of benzene rings is 2. The number of ether oxygens (including phenoxy) is 2. The quantitative estimate of drug-likeness (QED) is 0.237. The molecule has 1 amide bonds. The molecule has 6 heterocycles. The lowest BCUT2D eigenvalue weighted by molar-refractivity contribution is -0.127. The largest absolute Gasteiger partial charge is 0.457 e. The van der Waals surface area contributed by atoms with Crippen LogP contribution in [0.15, 0.2) is 73.5 Å². The number of imidazole rings is 1. The Balaban J connectivity index is 0.923. The molecule has 0 radical (unpaired) electrons. The van der Waals surface area contributed by atoms with Gasteiger partial charge in [0.2, 0.25) is 5.91 Å². The van der Waals surface area contributed by atoms with Crippen molar-refractivity contribution in [1.82, 2.24) is 33.9 Å². The van der Waals surface area contributed by atoms with Crippen LogP contribution in [0.4, 0.5) is 11.5 Å². The Morgan fingerprint density at radius 2 is 2.02 bits per heavy atom. The molecule has 1 N–H and O–H groups in total. The Bertz CT molecular complexity index is 1940. The zero-order valence-electron chi connectivity index (χ0n) is 26.2. The van der Waals surface area contributed by atoms with Crippen LogP contribution in [0, 0.1) is 6.92 Å². The summed E-state index contributed by atoms with van der Waals surface area (Å²) in [5.41, 5.74) is 6.05. The molecule has 8 rings (SSSR count). The van der Waals surface area contributed by atoms with Gasteiger partial charge in [0.25, 0.3) is 0 Å². The third kappa shape index (κ3) is 5.50. The molecule has 3 aliphatic rings. The summed E-state index contributed by atoms with van der Waals surface area (Å²) in [5.74, 6) is 2.71. The summed E-state index contributed by atoms with van der Waals surface area (Å²) in [4.78, 5) is 26.4. The topological polar surface area (TPSA) is 102 Å². The number of amides is 1. The van der Waals surface area contributed by atoms with Crippen molar-refractivity contribution in [3.63, 3.8) is 0 Å². The van der Waals surface area contributed by atoms with Crippen molar-refractivity contribution >= 4 is 34.0 Å². The van der Waals surface area contributed by atoms with Crippen LogP contribution in [0.1, 0.15) is 36.3 Å². The zero-order valence-corrected chi connectivity index (χ0v) is 26.2. The first-order valence-corrected chi connectivity index (χ1v) is 16.1. The number of aryl methyl sites for hydroxylation is 2. The van der Waals surface area contributed by atoms with Gasteiger partial charge in [-0.2, -0.15) is 5.10 Å². The highest BCUT2D eigenvalue weighted by Crippen LogP contribution is 2.36. The van der Waals surface area contributed by atoms with Gasteiger partial charge in [-0.25, -0.2) is 14.5 Å². The Labute approximate surface area is 267 Å². The molecule has 0 spiro atoms. The maximum Gasteiger partial charge on any atom is 0.246 e. The molecular weight excluding hydrogens is 580 g/mol. The maximum atomic E-state index is 13.0. The zero-order chi connectivity index (χ0) is 31.2. The lowest BCUT2D eigenvalue weighted by atomic mass is 9.90. The van der Waals surface area contributed by atoms with Gasteiger partial charge in [0.05, 0.1) is 30.1 Å². The number of nitrogens with zero attached hydrogens (tertiary/aromatic N) is 7. The van der Waals surface area contributed by atoms with E-state index in [0.717, 1.165) is 97.2 Å². The molecule has 5 aromatic rings. The second-order valence-electron chi connectivity index (χ2n) is 12.7. The van der Waals surface area contributed by atoms with E-state index in [2.05, 4.69) is 37.4 Å². The highest BCUT2D eigenvalue weighted by Gasteiger charge is 2.38. The average Bonchev–Trinajstić information content (AvgIpc) is 3.87. The van der Waals surface area contributed by atoms with Crippen molar-refractivity contribution in [1.29, 1.82) is 0 Å². The van der Waals surface area contributed by atoms with E-state index in [4.69, 9.17) is 9.47 Å². The fourth-order valence-electron chi connectivity index (χ4n) is 7.19.